The molecule has 5 heteroatoms. The summed E-state index contributed by atoms with van der Waals surface area (Å²) in [5.74, 6) is 6.09. The SMILES string of the molecule is Cc1occc1C(Cc1cc(Br)ccc1F)NN. The summed E-state index contributed by atoms with van der Waals surface area (Å²) in [4.78, 5) is 0. The fourth-order valence-corrected chi connectivity index (χ4v) is 2.34. The first-order chi connectivity index (χ1) is 8.61. The van der Waals surface area contributed by atoms with Gasteiger partial charge in [-0.3, -0.25) is 11.3 Å². The molecule has 0 bridgehead atoms. The Balaban J connectivity index is 2.26. The fraction of sp³-hybridized carbons (Fsp3) is 0.231. The largest absolute Gasteiger partial charge is 0.469 e. The molecule has 0 saturated carbocycles. The smallest absolute Gasteiger partial charge is 0.126 e. The van der Waals surface area contributed by atoms with Crippen LogP contribution in [-0.4, -0.2) is 0 Å². The maximum Gasteiger partial charge on any atom is 0.126 e. The maximum atomic E-state index is 13.7. The quantitative estimate of drug-likeness (QED) is 0.673. The summed E-state index contributed by atoms with van der Waals surface area (Å²) in [6, 6.07) is 6.54. The lowest BCUT2D eigenvalue weighted by Crippen LogP contribution is -2.30. The third-order valence-corrected chi connectivity index (χ3v) is 3.40. The summed E-state index contributed by atoms with van der Waals surface area (Å²) in [6.07, 6.45) is 2.06. The van der Waals surface area contributed by atoms with Crippen molar-refractivity contribution in [2.45, 2.75) is 19.4 Å². The first-order valence-electron chi connectivity index (χ1n) is 5.56. The van der Waals surface area contributed by atoms with Crippen LogP contribution in [0.2, 0.25) is 0 Å². The van der Waals surface area contributed by atoms with Gasteiger partial charge in [-0.2, -0.15) is 0 Å². The first-order valence-corrected chi connectivity index (χ1v) is 6.35. The van der Waals surface area contributed by atoms with Crippen molar-refractivity contribution in [1.29, 1.82) is 0 Å². The second kappa shape index (κ2) is 5.65. The standard InChI is InChI=1S/C13H14BrFN2O/c1-8-11(4-5-18-8)13(17-16)7-9-6-10(14)2-3-12(9)15/h2-6,13,17H,7,16H2,1H3. The van der Waals surface area contributed by atoms with Gasteiger partial charge in [0.2, 0.25) is 0 Å². The topological polar surface area (TPSA) is 51.2 Å². The Kier molecular flexibility index (Phi) is 4.16. The van der Waals surface area contributed by atoms with Crippen molar-refractivity contribution >= 4 is 15.9 Å². The number of nitrogens with two attached hydrogens (primary N) is 1. The van der Waals surface area contributed by atoms with Crippen LogP contribution in [-0.2, 0) is 6.42 Å². The van der Waals surface area contributed by atoms with Crippen LogP contribution in [0.15, 0.2) is 39.4 Å². The van der Waals surface area contributed by atoms with E-state index in [-0.39, 0.29) is 11.9 Å². The predicted molar refractivity (Wildman–Crippen MR) is 71.3 cm³/mol. The molecule has 2 rings (SSSR count). The number of hydrogen-bond donors (Lipinski definition) is 2. The molecule has 3 nitrogen and oxygen atoms in total. The van der Waals surface area contributed by atoms with Crippen molar-refractivity contribution < 1.29 is 8.81 Å². The monoisotopic (exact) mass is 312 g/mol. The molecule has 0 aliphatic rings. The zero-order chi connectivity index (χ0) is 13.1. The molecule has 1 aromatic carbocycles. The highest BCUT2D eigenvalue weighted by molar-refractivity contribution is 9.10. The average Bonchev–Trinajstić information content (AvgIpc) is 2.77. The first kappa shape index (κ1) is 13.3. The maximum absolute atomic E-state index is 13.7. The number of furan rings is 1. The third kappa shape index (κ3) is 2.80. The van der Waals surface area contributed by atoms with Gasteiger partial charge in [0.25, 0.3) is 0 Å². The number of rotatable bonds is 4. The second-order valence-corrected chi connectivity index (χ2v) is 5.01. The van der Waals surface area contributed by atoms with E-state index < -0.39 is 0 Å². The van der Waals surface area contributed by atoms with E-state index in [0.29, 0.717) is 12.0 Å². The van der Waals surface area contributed by atoms with E-state index >= 15 is 0 Å². The number of halogens is 2. The molecule has 0 amide bonds. The van der Waals surface area contributed by atoms with Crippen molar-refractivity contribution in [3.63, 3.8) is 0 Å². The summed E-state index contributed by atoms with van der Waals surface area (Å²) in [6.45, 7) is 1.86. The summed E-state index contributed by atoms with van der Waals surface area (Å²) in [7, 11) is 0. The van der Waals surface area contributed by atoms with Crippen LogP contribution in [0.5, 0.6) is 0 Å². The van der Waals surface area contributed by atoms with Gasteiger partial charge in [0.05, 0.1) is 12.3 Å². The van der Waals surface area contributed by atoms with E-state index in [9.17, 15) is 4.39 Å². The molecule has 0 radical (unpaired) electrons. The molecule has 0 saturated heterocycles. The number of nitrogens with one attached hydrogen (secondary N) is 1. The molecule has 0 spiro atoms. The van der Waals surface area contributed by atoms with Gasteiger partial charge in [-0.05, 0) is 43.2 Å². The minimum atomic E-state index is -0.236. The van der Waals surface area contributed by atoms with Gasteiger partial charge in [0.15, 0.2) is 0 Å². The lowest BCUT2D eigenvalue weighted by Gasteiger charge is -2.16. The molecule has 1 atom stereocenters. The van der Waals surface area contributed by atoms with E-state index in [1.165, 1.54) is 6.07 Å². The summed E-state index contributed by atoms with van der Waals surface area (Å²) in [5.41, 5.74) is 4.24. The fourth-order valence-electron chi connectivity index (χ4n) is 1.93. The van der Waals surface area contributed by atoms with Crippen LogP contribution in [0, 0.1) is 12.7 Å². The third-order valence-electron chi connectivity index (χ3n) is 2.91. The van der Waals surface area contributed by atoms with E-state index in [2.05, 4.69) is 21.4 Å². The Morgan fingerprint density at radius 2 is 2.22 bits per heavy atom. The zero-order valence-corrected chi connectivity index (χ0v) is 11.5. The lowest BCUT2D eigenvalue weighted by molar-refractivity contribution is 0.495. The summed E-state index contributed by atoms with van der Waals surface area (Å²) < 4.78 is 19.8. The normalized spacial score (nSPS) is 12.7. The molecule has 0 aliphatic carbocycles. The number of aryl methyl sites for hydroxylation is 1. The van der Waals surface area contributed by atoms with Crippen molar-refractivity contribution in [1.82, 2.24) is 5.43 Å². The van der Waals surface area contributed by atoms with E-state index in [1.807, 2.05) is 13.0 Å². The summed E-state index contributed by atoms with van der Waals surface area (Å²) >= 11 is 3.33. The molecule has 96 valence electrons. The van der Waals surface area contributed by atoms with Crippen LogP contribution < -0.4 is 11.3 Å². The molecule has 3 N–H and O–H groups in total. The van der Waals surface area contributed by atoms with Crippen LogP contribution >= 0.6 is 15.9 Å². The molecule has 18 heavy (non-hydrogen) atoms. The summed E-state index contributed by atoms with van der Waals surface area (Å²) in [5, 5.41) is 0. The molecular weight excluding hydrogens is 299 g/mol. The molecule has 0 fully saturated rings. The highest BCUT2D eigenvalue weighted by Gasteiger charge is 2.17. The molecular formula is C13H14BrFN2O. The Morgan fingerprint density at radius 3 is 2.83 bits per heavy atom. The molecule has 1 aromatic heterocycles. The molecule has 1 unspecified atom stereocenters. The number of hydrogen-bond acceptors (Lipinski definition) is 3. The van der Waals surface area contributed by atoms with E-state index in [0.717, 1.165) is 15.8 Å². The second-order valence-electron chi connectivity index (χ2n) is 4.09. The Bertz CT molecular complexity index is 542. The van der Waals surface area contributed by atoms with Gasteiger partial charge in [-0.15, -0.1) is 0 Å². The van der Waals surface area contributed by atoms with Gasteiger partial charge < -0.3 is 4.42 Å². The Hall–Kier alpha value is -1.17. The highest BCUT2D eigenvalue weighted by atomic mass is 79.9. The van der Waals surface area contributed by atoms with Gasteiger partial charge in [-0.1, -0.05) is 15.9 Å². The number of hydrazine groups is 1. The molecule has 2 aromatic rings. The molecule has 1 heterocycles. The Labute approximate surface area is 113 Å². The zero-order valence-electron chi connectivity index (χ0n) is 9.91. The van der Waals surface area contributed by atoms with Gasteiger partial charge >= 0.3 is 0 Å². The van der Waals surface area contributed by atoms with Crippen LogP contribution in [0.4, 0.5) is 4.39 Å². The van der Waals surface area contributed by atoms with E-state index in [4.69, 9.17) is 10.3 Å². The van der Waals surface area contributed by atoms with Crippen molar-refractivity contribution in [2.24, 2.45) is 5.84 Å². The van der Waals surface area contributed by atoms with Gasteiger partial charge in [0.1, 0.15) is 11.6 Å². The average molecular weight is 313 g/mol. The van der Waals surface area contributed by atoms with Crippen LogP contribution in [0.1, 0.15) is 22.9 Å². The van der Waals surface area contributed by atoms with E-state index in [1.54, 1.807) is 18.4 Å². The van der Waals surface area contributed by atoms with Crippen molar-refractivity contribution in [3.05, 3.63) is 57.7 Å². The minimum absolute atomic E-state index is 0.174. The van der Waals surface area contributed by atoms with Crippen molar-refractivity contribution in [2.75, 3.05) is 0 Å². The number of benzene rings is 1. The van der Waals surface area contributed by atoms with Crippen molar-refractivity contribution in [3.8, 4) is 0 Å². The van der Waals surface area contributed by atoms with Crippen LogP contribution in [0.3, 0.4) is 0 Å². The minimum Gasteiger partial charge on any atom is -0.469 e. The Morgan fingerprint density at radius 1 is 1.44 bits per heavy atom. The lowest BCUT2D eigenvalue weighted by atomic mass is 9.99. The van der Waals surface area contributed by atoms with Gasteiger partial charge in [-0.25, -0.2) is 4.39 Å². The predicted octanol–water partition coefficient (Wildman–Crippen LogP) is 3.24. The molecule has 0 aliphatic heterocycles. The van der Waals surface area contributed by atoms with Crippen LogP contribution in [0.25, 0.3) is 0 Å². The van der Waals surface area contributed by atoms with Gasteiger partial charge in [0, 0.05) is 10.0 Å². The highest BCUT2D eigenvalue weighted by Crippen LogP contribution is 2.24.